The lowest BCUT2D eigenvalue weighted by Crippen LogP contribution is -2.21. The number of anilines is 1. The smallest absolute Gasteiger partial charge is 0.273 e. The lowest BCUT2D eigenvalue weighted by atomic mass is 10.1. The van der Waals surface area contributed by atoms with Gasteiger partial charge in [-0.05, 0) is 48.5 Å². The monoisotopic (exact) mass is 468 g/mol. The van der Waals surface area contributed by atoms with Crippen LogP contribution in [-0.4, -0.2) is 25.8 Å². The second-order valence-electron chi connectivity index (χ2n) is 6.84. The van der Waals surface area contributed by atoms with Crippen LogP contribution < -0.4 is 10.9 Å². The highest BCUT2D eigenvalue weighted by molar-refractivity contribution is 7.99. The number of carbonyl (C=O) groups is 1. The van der Waals surface area contributed by atoms with E-state index in [9.17, 15) is 9.59 Å². The minimum atomic E-state index is -0.172. The lowest BCUT2D eigenvalue weighted by Gasteiger charge is -2.10. The van der Waals surface area contributed by atoms with E-state index in [1.807, 2.05) is 54.6 Å². The van der Waals surface area contributed by atoms with Crippen molar-refractivity contribution in [1.82, 2.24) is 14.1 Å². The third kappa shape index (κ3) is 4.48. The molecule has 4 rings (SSSR count). The molecule has 2 heterocycles. The van der Waals surface area contributed by atoms with Crippen molar-refractivity contribution >= 4 is 57.3 Å². The van der Waals surface area contributed by atoms with Crippen molar-refractivity contribution in [2.75, 3.05) is 11.1 Å². The molecule has 31 heavy (non-hydrogen) atoms. The number of carbonyl (C=O) groups excluding carboxylic acids is 1. The highest BCUT2D eigenvalue weighted by Gasteiger charge is 2.17. The molecule has 9 heteroatoms. The summed E-state index contributed by atoms with van der Waals surface area (Å²) in [5, 5.41) is 3.37. The third-order valence-corrected chi connectivity index (χ3v) is 7.12. The Bertz CT molecular complexity index is 1370. The van der Waals surface area contributed by atoms with Crippen LogP contribution in [0.4, 0.5) is 5.69 Å². The largest absolute Gasteiger partial charge is 0.325 e. The summed E-state index contributed by atoms with van der Waals surface area (Å²) in [7, 11) is 1.66. The number of fused-ring (bicyclic) bond motifs is 1. The minimum absolute atomic E-state index is 0.137. The van der Waals surface area contributed by atoms with Crippen molar-refractivity contribution in [2.45, 2.75) is 18.5 Å². The quantitative estimate of drug-likeness (QED) is 0.250. The van der Waals surface area contributed by atoms with E-state index in [4.69, 9.17) is 17.2 Å². The number of hydrogen-bond donors (Lipinski definition) is 1. The molecule has 0 bridgehead atoms. The van der Waals surface area contributed by atoms with Crippen molar-refractivity contribution in [2.24, 2.45) is 7.05 Å². The van der Waals surface area contributed by atoms with Crippen LogP contribution >= 0.6 is 35.3 Å². The molecule has 0 spiro atoms. The van der Waals surface area contributed by atoms with Gasteiger partial charge in [-0.2, -0.15) is 0 Å². The second-order valence-corrected chi connectivity index (χ2v) is 9.43. The molecule has 0 unspecified atom stereocenters. The van der Waals surface area contributed by atoms with Crippen molar-refractivity contribution in [3.8, 4) is 5.69 Å². The summed E-state index contributed by atoms with van der Waals surface area (Å²) < 4.78 is 4.33. The summed E-state index contributed by atoms with van der Waals surface area (Å²) in [5.74, 6) is -0.0176. The van der Waals surface area contributed by atoms with Crippen LogP contribution in [0.15, 0.2) is 64.5 Å². The fourth-order valence-electron chi connectivity index (χ4n) is 3.14. The van der Waals surface area contributed by atoms with Crippen molar-refractivity contribution in [1.29, 1.82) is 0 Å². The fraction of sp³-hybridized carbons (Fsp3) is 0.182. The number of para-hydroxylation sites is 1. The highest BCUT2D eigenvalue weighted by Crippen LogP contribution is 2.25. The maximum absolute atomic E-state index is 12.9. The van der Waals surface area contributed by atoms with Gasteiger partial charge in [0.25, 0.3) is 5.56 Å². The zero-order chi connectivity index (χ0) is 22.0. The number of thiazole rings is 1. The van der Waals surface area contributed by atoms with E-state index in [-0.39, 0.29) is 17.2 Å². The summed E-state index contributed by atoms with van der Waals surface area (Å²) in [4.78, 5) is 30.1. The Labute approximate surface area is 192 Å². The van der Waals surface area contributed by atoms with E-state index >= 15 is 0 Å². The molecule has 1 amide bonds. The number of hydrogen-bond acceptors (Lipinski definition) is 6. The van der Waals surface area contributed by atoms with Crippen molar-refractivity contribution in [3.05, 3.63) is 74.5 Å². The molecule has 0 radical (unpaired) electrons. The van der Waals surface area contributed by atoms with E-state index < -0.39 is 0 Å². The summed E-state index contributed by atoms with van der Waals surface area (Å²) in [6.45, 7) is 2.07. The van der Waals surface area contributed by atoms with Gasteiger partial charge in [-0.3, -0.25) is 18.7 Å². The number of nitrogens with one attached hydrogen (secondary N) is 1. The normalized spacial score (nSPS) is 11.0. The van der Waals surface area contributed by atoms with E-state index in [1.54, 1.807) is 11.6 Å². The first kappa shape index (κ1) is 21.5. The van der Waals surface area contributed by atoms with Crippen LogP contribution in [0.2, 0.25) is 0 Å². The number of aromatic nitrogens is 3. The Morgan fingerprint density at radius 1 is 1.19 bits per heavy atom. The zero-order valence-electron chi connectivity index (χ0n) is 17.0. The Morgan fingerprint density at radius 2 is 1.97 bits per heavy atom. The molecule has 158 valence electrons. The SMILES string of the molecule is CCc1cccc(NC(=O)CSc2nc3c(sc(=S)n3-c3ccccc3)c(=O)n2C)c1. The predicted octanol–water partition coefficient (Wildman–Crippen LogP) is 4.81. The summed E-state index contributed by atoms with van der Waals surface area (Å²) in [6, 6.07) is 17.4. The fourth-order valence-corrected chi connectivity index (χ4v) is 5.25. The first-order chi connectivity index (χ1) is 15.0. The van der Waals surface area contributed by atoms with Crippen LogP contribution in [-0.2, 0) is 18.3 Å². The Morgan fingerprint density at radius 3 is 2.71 bits per heavy atom. The first-order valence-corrected chi connectivity index (χ1v) is 11.9. The van der Waals surface area contributed by atoms with Crippen LogP contribution in [0.1, 0.15) is 12.5 Å². The Kier molecular flexibility index (Phi) is 6.35. The summed E-state index contributed by atoms with van der Waals surface area (Å²) in [5.41, 5.74) is 3.11. The zero-order valence-corrected chi connectivity index (χ0v) is 19.4. The average Bonchev–Trinajstić information content (AvgIpc) is 3.12. The predicted molar refractivity (Wildman–Crippen MR) is 130 cm³/mol. The van der Waals surface area contributed by atoms with Gasteiger partial charge in [0.05, 0.1) is 5.75 Å². The molecule has 0 fully saturated rings. The number of rotatable bonds is 6. The number of nitrogens with zero attached hydrogens (tertiary/aromatic N) is 3. The molecule has 2 aromatic heterocycles. The molecule has 4 aromatic rings. The third-order valence-electron chi connectivity index (χ3n) is 4.74. The molecule has 1 N–H and O–H groups in total. The second kappa shape index (κ2) is 9.17. The van der Waals surface area contributed by atoms with Gasteiger partial charge in [-0.1, -0.05) is 60.4 Å². The van der Waals surface area contributed by atoms with Crippen molar-refractivity contribution in [3.63, 3.8) is 0 Å². The van der Waals surface area contributed by atoms with Gasteiger partial charge >= 0.3 is 0 Å². The maximum Gasteiger partial charge on any atom is 0.273 e. The molecule has 0 atom stereocenters. The molecule has 0 aliphatic heterocycles. The van der Waals surface area contributed by atoms with E-state index in [2.05, 4.69) is 12.2 Å². The topological polar surface area (TPSA) is 68.9 Å². The van der Waals surface area contributed by atoms with Gasteiger partial charge < -0.3 is 5.32 Å². The number of amides is 1. The summed E-state index contributed by atoms with van der Waals surface area (Å²) >= 11 is 7.97. The van der Waals surface area contributed by atoms with Gasteiger partial charge in [0, 0.05) is 18.4 Å². The first-order valence-electron chi connectivity index (χ1n) is 9.67. The van der Waals surface area contributed by atoms with Crippen LogP contribution in [0.3, 0.4) is 0 Å². The van der Waals surface area contributed by atoms with E-state index in [0.717, 1.165) is 23.4 Å². The molecule has 0 aliphatic carbocycles. The molecule has 0 saturated heterocycles. The number of thioether (sulfide) groups is 1. The lowest BCUT2D eigenvalue weighted by molar-refractivity contribution is -0.113. The standard InChI is InChI=1S/C22H20N4O2S3/c1-3-14-8-7-9-15(12-14)23-17(27)13-30-21-24-19-18(20(28)25(21)2)31-22(29)26(19)16-10-5-4-6-11-16/h4-12H,3,13H2,1-2H3,(H,23,27). The molecular formula is C22H20N4O2S3. The number of benzene rings is 2. The van der Waals surface area contributed by atoms with Crippen molar-refractivity contribution < 1.29 is 4.79 Å². The van der Waals surface area contributed by atoms with E-state index in [1.165, 1.54) is 27.7 Å². The van der Waals surface area contributed by atoms with Crippen LogP contribution in [0.25, 0.3) is 16.0 Å². The molecule has 0 aliphatic rings. The highest BCUT2D eigenvalue weighted by atomic mass is 32.2. The van der Waals surface area contributed by atoms with Gasteiger partial charge in [-0.15, -0.1) is 0 Å². The maximum atomic E-state index is 12.9. The van der Waals surface area contributed by atoms with Gasteiger partial charge in [0.2, 0.25) is 5.91 Å². The summed E-state index contributed by atoms with van der Waals surface area (Å²) in [6.07, 6.45) is 0.900. The van der Waals surface area contributed by atoms with E-state index in [0.29, 0.717) is 19.5 Å². The number of aryl methyl sites for hydroxylation is 1. The van der Waals surface area contributed by atoms with Crippen LogP contribution in [0.5, 0.6) is 0 Å². The average molecular weight is 469 g/mol. The molecule has 0 saturated carbocycles. The van der Waals surface area contributed by atoms with Gasteiger partial charge in [0.1, 0.15) is 4.70 Å². The van der Waals surface area contributed by atoms with Gasteiger partial charge in [0.15, 0.2) is 14.8 Å². The Hall–Kier alpha value is -2.75. The Balaban J connectivity index is 1.62. The van der Waals surface area contributed by atoms with Crippen LogP contribution in [0, 0.1) is 3.95 Å². The molecule has 6 nitrogen and oxygen atoms in total. The minimum Gasteiger partial charge on any atom is -0.325 e. The molecular weight excluding hydrogens is 448 g/mol. The molecule has 2 aromatic carbocycles. The van der Waals surface area contributed by atoms with Gasteiger partial charge in [-0.25, -0.2) is 4.98 Å².